The van der Waals surface area contributed by atoms with Crippen LogP contribution in [0.25, 0.3) is 27.6 Å². The van der Waals surface area contributed by atoms with Gasteiger partial charge >= 0.3 is 0 Å². The van der Waals surface area contributed by atoms with Crippen LogP contribution in [0, 0.1) is 11.8 Å². The minimum Gasteiger partial charge on any atom is -0.299 e. The van der Waals surface area contributed by atoms with Crippen LogP contribution in [-0.2, 0) is 4.79 Å². The third kappa shape index (κ3) is 1.96. The third-order valence-electron chi connectivity index (χ3n) is 5.62. The standard InChI is InChI=1S/C22H18O/c23-22-13-17-11-18(22)10-16(17)12-21-19-7-3-1-5-14(19)9-15-6-2-4-8-20(15)21/h1-9,12,17-18H,10-11,13H2/b16-12+. The Balaban J connectivity index is 1.77. The molecule has 2 fully saturated rings. The van der Waals surface area contributed by atoms with Crippen molar-refractivity contribution in [2.45, 2.75) is 19.3 Å². The van der Waals surface area contributed by atoms with Crippen LogP contribution in [0.2, 0.25) is 0 Å². The molecule has 2 aliphatic rings. The molecule has 0 heterocycles. The van der Waals surface area contributed by atoms with Gasteiger partial charge in [-0.1, -0.05) is 60.2 Å². The first-order chi connectivity index (χ1) is 11.3. The first-order valence-electron chi connectivity index (χ1n) is 8.43. The number of fused-ring (bicyclic) bond motifs is 4. The Morgan fingerprint density at radius 2 is 1.48 bits per heavy atom. The van der Waals surface area contributed by atoms with Crippen LogP contribution < -0.4 is 0 Å². The number of hydrogen-bond acceptors (Lipinski definition) is 1. The second-order valence-electron chi connectivity index (χ2n) is 6.96. The maximum atomic E-state index is 11.8. The molecule has 3 aromatic carbocycles. The van der Waals surface area contributed by atoms with Crippen LogP contribution in [0.5, 0.6) is 0 Å². The van der Waals surface area contributed by atoms with Gasteiger partial charge in [-0.05, 0) is 51.9 Å². The molecule has 112 valence electrons. The molecule has 0 saturated heterocycles. The number of allylic oxidation sites excluding steroid dienone is 1. The number of ketones is 1. The van der Waals surface area contributed by atoms with E-state index in [0.29, 0.717) is 17.6 Å². The van der Waals surface area contributed by atoms with E-state index in [4.69, 9.17) is 0 Å². The second-order valence-corrected chi connectivity index (χ2v) is 6.96. The highest BCUT2D eigenvalue weighted by Crippen LogP contribution is 2.47. The van der Waals surface area contributed by atoms with Crippen LogP contribution in [0.3, 0.4) is 0 Å². The van der Waals surface area contributed by atoms with Gasteiger partial charge < -0.3 is 0 Å². The van der Waals surface area contributed by atoms with Crippen LogP contribution >= 0.6 is 0 Å². The van der Waals surface area contributed by atoms with Crippen molar-refractivity contribution < 1.29 is 4.79 Å². The molecular formula is C22H18O. The summed E-state index contributed by atoms with van der Waals surface area (Å²) in [6.45, 7) is 0. The Hall–Kier alpha value is -2.41. The molecule has 0 N–H and O–H groups in total. The van der Waals surface area contributed by atoms with Crippen molar-refractivity contribution in [1.82, 2.24) is 0 Å². The van der Waals surface area contributed by atoms with Gasteiger partial charge in [0.25, 0.3) is 0 Å². The number of carbonyl (C=O) groups is 1. The van der Waals surface area contributed by atoms with Gasteiger partial charge in [-0.25, -0.2) is 0 Å². The number of Topliss-reactive ketones (excluding diaryl/α,β-unsaturated/α-hetero) is 1. The van der Waals surface area contributed by atoms with E-state index >= 15 is 0 Å². The van der Waals surface area contributed by atoms with E-state index in [-0.39, 0.29) is 0 Å². The van der Waals surface area contributed by atoms with E-state index < -0.39 is 0 Å². The second kappa shape index (κ2) is 4.79. The molecule has 5 rings (SSSR count). The summed E-state index contributed by atoms with van der Waals surface area (Å²) in [5.41, 5.74) is 2.81. The van der Waals surface area contributed by atoms with Gasteiger partial charge in [0.15, 0.2) is 0 Å². The molecule has 0 spiro atoms. The molecule has 3 aromatic rings. The molecule has 0 radical (unpaired) electrons. The van der Waals surface area contributed by atoms with Gasteiger partial charge in [-0.3, -0.25) is 4.79 Å². The van der Waals surface area contributed by atoms with Crippen molar-refractivity contribution in [3.05, 3.63) is 65.7 Å². The SMILES string of the molecule is O=C1CC2CC1C/C2=C\c1c2ccccc2cc2ccccc12. The smallest absolute Gasteiger partial charge is 0.136 e. The normalized spacial score (nSPS) is 25.0. The summed E-state index contributed by atoms with van der Waals surface area (Å²) in [4.78, 5) is 11.8. The zero-order valence-corrected chi connectivity index (χ0v) is 13.0. The van der Waals surface area contributed by atoms with Crippen LogP contribution in [-0.4, -0.2) is 5.78 Å². The van der Waals surface area contributed by atoms with Crippen molar-refractivity contribution in [3.8, 4) is 0 Å². The lowest BCUT2D eigenvalue weighted by molar-refractivity contribution is -0.121. The zero-order valence-electron chi connectivity index (χ0n) is 13.0. The fraction of sp³-hybridized carbons (Fsp3) is 0.227. The van der Waals surface area contributed by atoms with E-state index in [1.165, 1.54) is 32.7 Å². The van der Waals surface area contributed by atoms with E-state index in [1.807, 2.05) is 0 Å². The van der Waals surface area contributed by atoms with Gasteiger partial charge in [0, 0.05) is 12.3 Å². The van der Waals surface area contributed by atoms with Crippen molar-refractivity contribution in [3.63, 3.8) is 0 Å². The first-order valence-corrected chi connectivity index (χ1v) is 8.43. The molecule has 1 nitrogen and oxygen atoms in total. The topological polar surface area (TPSA) is 17.1 Å². The maximum Gasteiger partial charge on any atom is 0.136 e. The summed E-state index contributed by atoms with van der Waals surface area (Å²) in [6, 6.07) is 19.5. The van der Waals surface area contributed by atoms with Gasteiger partial charge in [0.1, 0.15) is 5.78 Å². The largest absolute Gasteiger partial charge is 0.299 e. The van der Waals surface area contributed by atoms with Gasteiger partial charge in [0.05, 0.1) is 0 Å². The molecule has 2 atom stereocenters. The minimum absolute atomic E-state index is 0.299. The van der Waals surface area contributed by atoms with Crippen LogP contribution in [0.4, 0.5) is 0 Å². The Morgan fingerprint density at radius 1 is 0.826 bits per heavy atom. The molecule has 1 heteroatoms. The highest BCUT2D eigenvalue weighted by atomic mass is 16.1. The number of carbonyl (C=O) groups excluding carboxylic acids is 1. The first kappa shape index (κ1) is 13.1. The fourth-order valence-electron chi connectivity index (χ4n) is 4.47. The molecule has 23 heavy (non-hydrogen) atoms. The van der Waals surface area contributed by atoms with Crippen molar-refractivity contribution in [2.24, 2.45) is 11.8 Å². The molecule has 0 aromatic heterocycles. The summed E-state index contributed by atoms with van der Waals surface area (Å²) in [5, 5.41) is 5.20. The predicted octanol–water partition coefficient (Wildman–Crippen LogP) is 5.38. The fourth-order valence-corrected chi connectivity index (χ4v) is 4.47. The molecule has 2 bridgehead atoms. The summed E-state index contributed by atoms with van der Waals surface area (Å²) >= 11 is 0. The van der Waals surface area contributed by atoms with Crippen molar-refractivity contribution in [1.29, 1.82) is 0 Å². The zero-order chi connectivity index (χ0) is 15.4. The van der Waals surface area contributed by atoms with E-state index in [1.54, 1.807) is 0 Å². The lowest BCUT2D eigenvalue weighted by atomic mass is 9.89. The van der Waals surface area contributed by atoms with Crippen LogP contribution in [0.1, 0.15) is 24.8 Å². The van der Waals surface area contributed by atoms with Gasteiger partial charge in [-0.15, -0.1) is 0 Å². The molecule has 2 aliphatic carbocycles. The molecule has 0 aliphatic heterocycles. The minimum atomic E-state index is 0.299. The van der Waals surface area contributed by atoms with E-state index in [2.05, 4.69) is 60.7 Å². The third-order valence-corrected chi connectivity index (χ3v) is 5.62. The van der Waals surface area contributed by atoms with Crippen LogP contribution in [0.15, 0.2) is 60.2 Å². The van der Waals surface area contributed by atoms with E-state index in [0.717, 1.165) is 19.3 Å². The molecule has 2 unspecified atom stereocenters. The molecular weight excluding hydrogens is 280 g/mol. The average Bonchev–Trinajstić information content (AvgIpc) is 3.13. The Kier molecular flexibility index (Phi) is 2.72. The molecule has 0 amide bonds. The quantitative estimate of drug-likeness (QED) is 0.552. The highest BCUT2D eigenvalue weighted by molar-refractivity contribution is 6.07. The van der Waals surface area contributed by atoms with E-state index in [9.17, 15) is 4.79 Å². The van der Waals surface area contributed by atoms with Gasteiger partial charge in [-0.2, -0.15) is 0 Å². The van der Waals surface area contributed by atoms with Gasteiger partial charge in [0.2, 0.25) is 0 Å². The monoisotopic (exact) mass is 298 g/mol. The summed E-state index contributed by atoms with van der Waals surface area (Å²) < 4.78 is 0. The Morgan fingerprint density at radius 3 is 2.04 bits per heavy atom. The lowest BCUT2D eigenvalue weighted by Crippen LogP contribution is -2.10. The van der Waals surface area contributed by atoms with Crippen molar-refractivity contribution >= 4 is 33.4 Å². The molecule has 2 saturated carbocycles. The predicted molar refractivity (Wildman–Crippen MR) is 95.3 cm³/mol. The summed E-state index contributed by atoms with van der Waals surface area (Å²) in [5.74, 6) is 1.27. The lowest BCUT2D eigenvalue weighted by Gasteiger charge is -2.15. The van der Waals surface area contributed by atoms with Crippen molar-refractivity contribution in [2.75, 3.05) is 0 Å². The Labute approximate surface area is 135 Å². The Bertz CT molecular complexity index is 926. The number of benzene rings is 3. The average molecular weight is 298 g/mol. The highest BCUT2D eigenvalue weighted by Gasteiger charge is 2.41. The number of hydrogen-bond donors (Lipinski definition) is 0. The number of rotatable bonds is 1. The maximum absolute atomic E-state index is 11.8. The summed E-state index contributed by atoms with van der Waals surface area (Å²) in [7, 11) is 0. The summed E-state index contributed by atoms with van der Waals surface area (Å²) in [6.07, 6.45) is 5.20.